The van der Waals surface area contributed by atoms with E-state index in [1.54, 1.807) is 11.8 Å². The van der Waals surface area contributed by atoms with Crippen LogP contribution in [0.15, 0.2) is 36.4 Å². The molecule has 2 saturated carbocycles. The van der Waals surface area contributed by atoms with Crippen LogP contribution in [0.25, 0.3) is 10.9 Å². The molecule has 288 valence electrons. The molecular weight excluding hydrogens is 691 g/mol. The number of carbonyl (C=O) groups excluding carboxylic acids is 3. The van der Waals surface area contributed by atoms with Crippen molar-refractivity contribution in [1.29, 1.82) is 0 Å². The average Bonchev–Trinajstić information content (AvgIpc) is 3.76. The van der Waals surface area contributed by atoms with E-state index in [-0.39, 0.29) is 30.2 Å². The van der Waals surface area contributed by atoms with Crippen LogP contribution in [-0.2, 0) is 30.8 Å². The van der Waals surface area contributed by atoms with Crippen molar-refractivity contribution in [2.75, 3.05) is 13.1 Å². The fourth-order valence-corrected chi connectivity index (χ4v) is 10.0. The van der Waals surface area contributed by atoms with Crippen molar-refractivity contribution in [1.82, 2.24) is 25.2 Å². The number of allylic oxidation sites excluding steroid dienone is 1. The van der Waals surface area contributed by atoms with Gasteiger partial charge < -0.3 is 20.3 Å². The number of rotatable bonds is 6. The van der Waals surface area contributed by atoms with Crippen molar-refractivity contribution in [3.8, 4) is 5.75 Å². The number of sulfonamides is 1. The summed E-state index contributed by atoms with van der Waals surface area (Å²) in [5.74, 6) is -0.953. The minimum atomic E-state index is -3.94. The first kappa shape index (κ1) is 37.8. The lowest BCUT2D eigenvalue weighted by Gasteiger charge is -2.48. The summed E-state index contributed by atoms with van der Waals surface area (Å²) in [4.78, 5) is 50.2. The fourth-order valence-electron chi connectivity index (χ4n) is 8.69. The molecule has 7 rings (SSSR count). The van der Waals surface area contributed by atoms with Gasteiger partial charge in [-0.2, -0.15) is 0 Å². The average molecular weight is 748 g/mol. The number of aromatic nitrogens is 1. The second kappa shape index (κ2) is 14.0. The summed E-state index contributed by atoms with van der Waals surface area (Å²) in [7, 11) is -3.94. The van der Waals surface area contributed by atoms with Gasteiger partial charge in [-0.3, -0.25) is 19.1 Å². The minimum Gasteiger partial charge on any atom is -0.483 e. The number of benzene rings is 1. The van der Waals surface area contributed by atoms with Gasteiger partial charge in [-0.15, -0.1) is 0 Å². The zero-order valence-electron chi connectivity index (χ0n) is 32.1. The third-order valence-electron chi connectivity index (χ3n) is 12.6. The number of fused-ring (bicyclic) bond motifs is 5. The number of hydrogen-bond donors (Lipinski definition) is 3. The Morgan fingerprint density at radius 1 is 1.08 bits per heavy atom. The second-order valence-electron chi connectivity index (χ2n) is 17.9. The quantitative estimate of drug-likeness (QED) is 0.334. The van der Waals surface area contributed by atoms with Gasteiger partial charge in [0.2, 0.25) is 21.8 Å². The van der Waals surface area contributed by atoms with Crippen LogP contribution in [0.4, 0.5) is 0 Å². The number of nitrogens with one attached hydrogen (secondary N) is 3. The molecular formula is C41H57N5O6S. The molecule has 2 aromatic rings. The van der Waals surface area contributed by atoms with Gasteiger partial charge in [-0.05, 0) is 96.1 Å². The summed E-state index contributed by atoms with van der Waals surface area (Å²) in [5.41, 5.74) is 0.572. The Labute approximate surface area is 314 Å². The third-order valence-corrected chi connectivity index (χ3v) is 14.8. The number of carbonyl (C=O) groups is 3. The van der Waals surface area contributed by atoms with Crippen molar-refractivity contribution >= 4 is 38.6 Å². The molecule has 1 saturated heterocycles. The lowest BCUT2D eigenvalue weighted by molar-refractivity contribution is -0.144. The highest BCUT2D eigenvalue weighted by atomic mass is 32.2. The first-order chi connectivity index (χ1) is 25.1. The molecule has 3 fully saturated rings. The third kappa shape index (κ3) is 7.34. The maximum absolute atomic E-state index is 14.8. The van der Waals surface area contributed by atoms with E-state index in [4.69, 9.17) is 9.72 Å². The molecule has 3 amide bonds. The Hall–Kier alpha value is -3.51. The van der Waals surface area contributed by atoms with Gasteiger partial charge in [0.15, 0.2) is 0 Å². The molecule has 3 aliphatic heterocycles. The van der Waals surface area contributed by atoms with Gasteiger partial charge >= 0.3 is 0 Å². The van der Waals surface area contributed by atoms with Crippen molar-refractivity contribution in [2.45, 2.75) is 146 Å². The lowest BCUT2D eigenvalue weighted by atomic mass is 9.65. The Kier molecular flexibility index (Phi) is 9.96. The van der Waals surface area contributed by atoms with Gasteiger partial charge in [0.1, 0.15) is 22.9 Å². The van der Waals surface area contributed by atoms with Crippen LogP contribution in [-0.4, -0.2) is 77.1 Å². The van der Waals surface area contributed by atoms with Gasteiger partial charge in [-0.1, -0.05) is 64.0 Å². The molecule has 4 heterocycles. The highest BCUT2D eigenvalue weighted by Crippen LogP contribution is 2.47. The van der Waals surface area contributed by atoms with Crippen molar-refractivity contribution < 1.29 is 27.5 Å². The van der Waals surface area contributed by atoms with E-state index in [2.05, 4.69) is 48.3 Å². The Morgan fingerprint density at radius 2 is 1.85 bits per heavy atom. The zero-order chi connectivity index (χ0) is 37.8. The lowest BCUT2D eigenvalue weighted by Crippen LogP contribution is -2.70. The van der Waals surface area contributed by atoms with E-state index >= 15 is 0 Å². The summed E-state index contributed by atoms with van der Waals surface area (Å²) in [5, 5.41) is 7.70. The summed E-state index contributed by atoms with van der Waals surface area (Å²) in [6.45, 7) is 11.0. The van der Waals surface area contributed by atoms with Crippen molar-refractivity contribution in [3.05, 3.63) is 47.7 Å². The van der Waals surface area contributed by atoms with E-state index in [0.29, 0.717) is 57.2 Å². The van der Waals surface area contributed by atoms with Gasteiger partial charge in [0.25, 0.3) is 5.91 Å². The first-order valence-electron chi connectivity index (χ1n) is 19.7. The number of amides is 3. The summed E-state index contributed by atoms with van der Waals surface area (Å²) < 4.78 is 34.9. The van der Waals surface area contributed by atoms with Crippen LogP contribution in [0.1, 0.15) is 116 Å². The topological polar surface area (TPSA) is 147 Å². The summed E-state index contributed by atoms with van der Waals surface area (Å²) in [6, 6.07) is 6.63. The molecule has 5 atom stereocenters. The van der Waals surface area contributed by atoms with E-state index < -0.39 is 49.8 Å². The Bertz CT molecular complexity index is 1920. The molecule has 3 N–H and O–H groups in total. The predicted octanol–water partition coefficient (Wildman–Crippen LogP) is 5.39. The first-order valence-corrected chi connectivity index (χ1v) is 21.2. The molecule has 5 aliphatic rings. The minimum absolute atomic E-state index is 0.0836. The highest BCUT2D eigenvalue weighted by Gasteiger charge is 2.59. The molecule has 0 radical (unpaired) electrons. The number of hydrogen-bond acceptors (Lipinski definition) is 8. The van der Waals surface area contributed by atoms with Gasteiger partial charge in [0, 0.05) is 23.3 Å². The molecule has 1 aromatic carbocycles. The molecule has 11 nitrogen and oxygen atoms in total. The highest BCUT2D eigenvalue weighted by molar-refractivity contribution is 7.91. The summed E-state index contributed by atoms with van der Waals surface area (Å²) in [6.07, 6.45) is 12.6. The van der Waals surface area contributed by atoms with Gasteiger partial charge in [0.05, 0.1) is 28.5 Å². The Balaban J connectivity index is 1.23. The molecule has 1 spiro atoms. The van der Waals surface area contributed by atoms with Crippen LogP contribution in [0, 0.1) is 18.3 Å². The van der Waals surface area contributed by atoms with E-state index in [0.717, 1.165) is 54.3 Å². The standard InChI is InChI=1S/C41H57N5O6S/c1-27-34-30(29-14-11-12-15-31(29)43-27)18-19-40(52-34)25-33-35(47)44-41(37(49)45-53(50,51)39(5)21-22-39)20-17-28(41)13-9-7-6-8-10-16-32(36(48)46(33)26-40)42-24-23-38(2,3)4/h9,11-15,28,32-33,42H,6-8,10,16-26H2,1-5H3,(H,44,47)(H,45,49)/b13-9-/t28-,32+,33+,40-,41-/m1/s1. The molecule has 53 heavy (non-hydrogen) atoms. The molecule has 1 aromatic heterocycles. The van der Waals surface area contributed by atoms with E-state index in [1.165, 1.54) is 0 Å². The number of ether oxygens (including phenoxy) is 1. The Morgan fingerprint density at radius 3 is 2.57 bits per heavy atom. The van der Waals surface area contributed by atoms with E-state index in [1.807, 2.05) is 31.2 Å². The molecule has 2 aliphatic carbocycles. The SMILES string of the molecule is Cc1nc2ccccc2c2c1O[C@]1(CC2)C[C@H]2C(=O)N[C@]3(C(=O)NS(=O)(=O)C4(C)CC4)CC[C@H]3/C=C\CCCCC[C@H](NCCC(C)(C)C)C(=O)N2C1. The maximum Gasteiger partial charge on any atom is 0.259 e. The molecule has 0 bridgehead atoms. The van der Waals surface area contributed by atoms with Crippen LogP contribution in [0.5, 0.6) is 5.75 Å². The normalized spacial score (nSPS) is 30.8. The fraction of sp³-hybridized carbons (Fsp3) is 0.659. The van der Waals surface area contributed by atoms with Crippen LogP contribution >= 0.6 is 0 Å². The molecule has 0 unspecified atom stereocenters. The number of para-hydroxylation sites is 1. The molecule has 12 heteroatoms. The van der Waals surface area contributed by atoms with Crippen LogP contribution in [0.3, 0.4) is 0 Å². The number of nitrogens with zero attached hydrogens (tertiary/aromatic N) is 2. The number of pyridine rings is 1. The largest absolute Gasteiger partial charge is 0.483 e. The number of aryl methyl sites for hydroxylation is 2. The predicted molar refractivity (Wildman–Crippen MR) is 205 cm³/mol. The maximum atomic E-state index is 14.8. The second-order valence-corrected chi connectivity index (χ2v) is 20.1. The zero-order valence-corrected chi connectivity index (χ0v) is 32.9. The van der Waals surface area contributed by atoms with E-state index in [9.17, 15) is 22.8 Å². The monoisotopic (exact) mass is 747 g/mol. The summed E-state index contributed by atoms with van der Waals surface area (Å²) >= 11 is 0. The van der Waals surface area contributed by atoms with Gasteiger partial charge in [-0.25, -0.2) is 13.4 Å². The van der Waals surface area contributed by atoms with Crippen LogP contribution in [0.2, 0.25) is 0 Å². The smallest absolute Gasteiger partial charge is 0.259 e. The van der Waals surface area contributed by atoms with Crippen molar-refractivity contribution in [3.63, 3.8) is 0 Å². The van der Waals surface area contributed by atoms with Crippen LogP contribution < -0.4 is 20.1 Å². The van der Waals surface area contributed by atoms with Crippen molar-refractivity contribution in [2.24, 2.45) is 11.3 Å².